The summed E-state index contributed by atoms with van der Waals surface area (Å²) in [5.41, 5.74) is -4.45. The van der Waals surface area contributed by atoms with E-state index < -0.39 is 47.1 Å². The van der Waals surface area contributed by atoms with Crippen molar-refractivity contribution in [2.45, 2.75) is 17.9 Å². The lowest BCUT2D eigenvalue weighted by atomic mass is 9.78. The van der Waals surface area contributed by atoms with Gasteiger partial charge in [0.15, 0.2) is 5.78 Å². The minimum Gasteiger partial charge on any atom is -0.363 e. The first-order valence-electron chi connectivity index (χ1n) is 7.45. The summed E-state index contributed by atoms with van der Waals surface area (Å²) in [6, 6.07) is 2.77. The number of thiophene rings is 1. The molecule has 1 aromatic heterocycles. The number of nitrogens with one attached hydrogen (secondary N) is 2. The van der Waals surface area contributed by atoms with Crippen LogP contribution in [0.25, 0.3) is 0 Å². The predicted molar refractivity (Wildman–Crippen MR) is 89.0 cm³/mol. The molecule has 0 radical (unpaired) electrons. The van der Waals surface area contributed by atoms with Crippen LogP contribution in [0.3, 0.4) is 0 Å². The Morgan fingerprint density at radius 3 is 2.52 bits per heavy atom. The van der Waals surface area contributed by atoms with Gasteiger partial charge in [-0.05, 0) is 23.6 Å². The summed E-state index contributed by atoms with van der Waals surface area (Å²) in [5, 5.41) is 15.0. The summed E-state index contributed by atoms with van der Waals surface area (Å²) < 4.78 is 55.4. The Hall–Kier alpha value is -2.17. The van der Waals surface area contributed by atoms with E-state index in [1.54, 1.807) is 0 Å². The van der Waals surface area contributed by atoms with Crippen molar-refractivity contribution >= 4 is 34.8 Å². The topological polar surface area (TPSA) is 78.4 Å². The van der Waals surface area contributed by atoms with Gasteiger partial charge in [-0.1, -0.05) is 23.7 Å². The molecule has 2 heterocycles. The molecule has 3 atom stereocenters. The summed E-state index contributed by atoms with van der Waals surface area (Å²) in [4.78, 5) is 24.6. The molecular weight excluding hydrogens is 412 g/mol. The van der Waals surface area contributed by atoms with Gasteiger partial charge in [0.1, 0.15) is 11.7 Å². The molecule has 0 saturated carbocycles. The van der Waals surface area contributed by atoms with Crippen LogP contribution < -0.4 is 10.6 Å². The first-order valence-corrected chi connectivity index (χ1v) is 8.71. The molecule has 1 aliphatic rings. The van der Waals surface area contributed by atoms with Crippen LogP contribution in [0, 0.1) is 11.7 Å². The van der Waals surface area contributed by atoms with Gasteiger partial charge in [-0.25, -0.2) is 9.18 Å². The van der Waals surface area contributed by atoms with Crippen LogP contribution in [0.15, 0.2) is 35.7 Å². The first-order chi connectivity index (χ1) is 12.6. The molecule has 2 aromatic rings. The molecule has 0 bridgehead atoms. The average Bonchev–Trinajstić information content (AvgIpc) is 3.07. The zero-order valence-corrected chi connectivity index (χ0v) is 14.8. The monoisotopic (exact) mass is 422 g/mol. The third-order valence-electron chi connectivity index (χ3n) is 4.16. The molecule has 1 fully saturated rings. The lowest BCUT2D eigenvalue weighted by Gasteiger charge is -2.45. The quantitative estimate of drug-likeness (QED) is 0.522. The maximum atomic E-state index is 14.4. The molecule has 2 amide bonds. The standard InChI is InChI=1S/C16H11ClF4N2O3S/c17-7-3-1-4-8(18)10(7)12-11(13(24)9-5-2-6-27-9)15(26,16(19,20)21)23-14(25)22-12/h1-6,11-12,26H,(H2,22,23,25)/t11-,12+,15+/m1/s1. The highest BCUT2D eigenvalue weighted by atomic mass is 35.5. The predicted octanol–water partition coefficient (Wildman–Crippen LogP) is 3.64. The van der Waals surface area contributed by atoms with Crippen molar-refractivity contribution in [2.24, 2.45) is 5.92 Å². The summed E-state index contributed by atoms with van der Waals surface area (Å²) in [5.74, 6) is -4.46. The number of urea groups is 1. The zero-order valence-electron chi connectivity index (χ0n) is 13.2. The fraction of sp³-hybridized carbons (Fsp3) is 0.250. The summed E-state index contributed by atoms with van der Waals surface area (Å²) in [6.45, 7) is 0. The lowest BCUT2D eigenvalue weighted by molar-refractivity contribution is -0.287. The van der Waals surface area contributed by atoms with Gasteiger partial charge in [0.05, 0.1) is 10.9 Å². The van der Waals surface area contributed by atoms with Crippen molar-refractivity contribution in [1.29, 1.82) is 0 Å². The number of carbonyl (C=O) groups is 2. The lowest BCUT2D eigenvalue weighted by Crippen LogP contribution is -2.72. The molecule has 27 heavy (non-hydrogen) atoms. The highest BCUT2D eigenvalue weighted by molar-refractivity contribution is 7.12. The smallest absolute Gasteiger partial charge is 0.363 e. The molecule has 11 heteroatoms. The van der Waals surface area contributed by atoms with Crippen LogP contribution in [-0.2, 0) is 0 Å². The number of ketones is 1. The Balaban J connectivity index is 2.23. The SMILES string of the molecule is O=C1N[C@@H](c2c(F)cccc2Cl)[C@H](C(=O)c2cccs2)[C@](O)(C(F)(F)F)N1. The van der Waals surface area contributed by atoms with Crippen molar-refractivity contribution in [1.82, 2.24) is 10.6 Å². The van der Waals surface area contributed by atoms with E-state index in [0.717, 1.165) is 17.4 Å². The molecule has 0 aliphatic carbocycles. The molecule has 1 aromatic carbocycles. The number of hydrogen-bond acceptors (Lipinski definition) is 4. The second-order valence-corrected chi connectivity index (χ2v) is 7.15. The molecule has 0 unspecified atom stereocenters. The highest BCUT2D eigenvalue weighted by Crippen LogP contribution is 2.45. The van der Waals surface area contributed by atoms with Gasteiger partial charge in [-0.2, -0.15) is 13.2 Å². The van der Waals surface area contributed by atoms with Gasteiger partial charge in [-0.3, -0.25) is 4.79 Å². The molecule has 5 nitrogen and oxygen atoms in total. The number of amides is 2. The molecule has 0 spiro atoms. The van der Waals surface area contributed by atoms with Crippen LogP contribution in [0.1, 0.15) is 21.3 Å². The van der Waals surface area contributed by atoms with E-state index in [2.05, 4.69) is 5.32 Å². The minimum atomic E-state index is -5.42. The van der Waals surface area contributed by atoms with E-state index in [-0.39, 0.29) is 9.90 Å². The van der Waals surface area contributed by atoms with Crippen LogP contribution in [0.2, 0.25) is 5.02 Å². The first kappa shape index (κ1) is 19.6. The third kappa shape index (κ3) is 3.28. The van der Waals surface area contributed by atoms with Crippen molar-refractivity contribution < 1.29 is 32.3 Å². The molecule has 144 valence electrons. The van der Waals surface area contributed by atoms with Gasteiger partial charge >= 0.3 is 12.2 Å². The third-order valence-corrected chi connectivity index (χ3v) is 5.38. The summed E-state index contributed by atoms with van der Waals surface area (Å²) in [7, 11) is 0. The number of Topliss-reactive ketones (excluding diaryl/α,β-unsaturated/α-hetero) is 1. The van der Waals surface area contributed by atoms with Crippen LogP contribution in [0.4, 0.5) is 22.4 Å². The van der Waals surface area contributed by atoms with Crippen molar-refractivity contribution in [2.75, 3.05) is 0 Å². The normalized spacial score (nSPS) is 25.6. The van der Waals surface area contributed by atoms with Crippen LogP contribution in [0.5, 0.6) is 0 Å². The largest absolute Gasteiger partial charge is 0.437 e. The maximum absolute atomic E-state index is 14.4. The Morgan fingerprint density at radius 2 is 1.96 bits per heavy atom. The Morgan fingerprint density at radius 1 is 1.26 bits per heavy atom. The van der Waals surface area contributed by atoms with E-state index in [9.17, 15) is 32.3 Å². The van der Waals surface area contributed by atoms with E-state index in [4.69, 9.17) is 11.6 Å². The van der Waals surface area contributed by atoms with Crippen molar-refractivity contribution in [3.8, 4) is 0 Å². The minimum absolute atomic E-state index is 0.0990. The maximum Gasteiger partial charge on any atom is 0.437 e. The number of halogens is 5. The number of aliphatic hydroxyl groups is 1. The van der Waals surface area contributed by atoms with Crippen LogP contribution in [-0.4, -0.2) is 28.8 Å². The van der Waals surface area contributed by atoms with Crippen molar-refractivity contribution in [3.05, 3.63) is 57.0 Å². The second kappa shape index (κ2) is 6.77. The summed E-state index contributed by atoms with van der Waals surface area (Å²) >= 11 is 6.78. The van der Waals surface area contributed by atoms with Gasteiger partial charge in [0.2, 0.25) is 5.72 Å². The van der Waals surface area contributed by atoms with E-state index in [1.165, 1.54) is 35.0 Å². The fourth-order valence-electron chi connectivity index (χ4n) is 2.96. The number of hydrogen-bond donors (Lipinski definition) is 3. The number of carbonyl (C=O) groups excluding carboxylic acids is 2. The number of benzene rings is 1. The molecule has 3 N–H and O–H groups in total. The highest BCUT2D eigenvalue weighted by Gasteiger charge is 2.66. The number of alkyl halides is 3. The average molecular weight is 423 g/mol. The van der Waals surface area contributed by atoms with Gasteiger partial charge in [-0.15, -0.1) is 11.3 Å². The van der Waals surface area contributed by atoms with E-state index >= 15 is 0 Å². The Labute approximate surface area is 158 Å². The van der Waals surface area contributed by atoms with Crippen LogP contribution >= 0.6 is 22.9 Å². The number of rotatable bonds is 3. The van der Waals surface area contributed by atoms with Gasteiger partial charge < -0.3 is 15.7 Å². The van der Waals surface area contributed by atoms with Gasteiger partial charge in [0, 0.05) is 10.6 Å². The van der Waals surface area contributed by atoms with Crippen molar-refractivity contribution in [3.63, 3.8) is 0 Å². The zero-order chi connectivity index (χ0) is 20.0. The van der Waals surface area contributed by atoms with Gasteiger partial charge in [0.25, 0.3) is 0 Å². The molecular formula is C16H11ClF4N2O3S. The fourth-order valence-corrected chi connectivity index (χ4v) is 3.94. The van der Waals surface area contributed by atoms with E-state index in [1.807, 2.05) is 0 Å². The molecule has 1 aliphatic heterocycles. The summed E-state index contributed by atoms with van der Waals surface area (Å²) in [6.07, 6.45) is -5.42. The molecule has 3 rings (SSSR count). The Kier molecular flexibility index (Phi) is 4.91. The van der Waals surface area contributed by atoms with E-state index in [0.29, 0.717) is 0 Å². The Bertz CT molecular complexity index is 870. The second-order valence-electron chi connectivity index (χ2n) is 5.79. The molecule has 1 saturated heterocycles.